The van der Waals surface area contributed by atoms with Crippen LogP contribution in [0, 0.1) is 11.3 Å². The maximum absolute atomic E-state index is 11.4. The van der Waals surface area contributed by atoms with E-state index in [1.54, 1.807) is 0 Å². The van der Waals surface area contributed by atoms with Gasteiger partial charge in [-0.1, -0.05) is 27.7 Å². The Balaban J connectivity index is 0.00000576. The third-order valence-corrected chi connectivity index (χ3v) is 5.33. The van der Waals surface area contributed by atoms with Crippen LogP contribution in [-0.4, -0.2) is 82.5 Å². The molecule has 0 bridgehead atoms. The number of rotatable bonds is 7. The average molecular weight is 488 g/mol. The standard InChI is InChI=1S/C17H36N4O2S.HI/c1-15(2)13-20-8-10-21(11-9-20)16(18-5)19-14-17(3,4)7-12-24(6,22)23;/h15H,7-14H2,1-6H3,(H,18,19);1H. The van der Waals surface area contributed by atoms with E-state index >= 15 is 0 Å². The molecule has 1 aliphatic heterocycles. The van der Waals surface area contributed by atoms with E-state index in [2.05, 4.69) is 47.8 Å². The summed E-state index contributed by atoms with van der Waals surface area (Å²) in [7, 11) is -1.10. The number of guanidine groups is 1. The zero-order valence-corrected chi connectivity index (χ0v) is 19.9. The molecule has 150 valence electrons. The van der Waals surface area contributed by atoms with Gasteiger partial charge in [0.05, 0.1) is 5.75 Å². The van der Waals surface area contributed by atoms with E-state index in [1.807, 2.05) is 7.05 Å². The minimum Gasteiger partial charge on any atom is -0.356 e. The molecular formula is C17H37IN4O2S. The van der Waals surface area contributed by atoms with Crippen molar-refractivity contribution in [3.63, 3.8) is 0 Å². The van der Waals surface area contributed by atoms with Crippen LogP contribution in [0.2, 0.25) is 0 Å². The van der Waals surface area contributed by atoms with Gasteiger partial charge in [-0.3, -0.25) is 9.89 Å². The van der Waals surface area contributed by atoms with Crippen LogP contribution < -0.4 is 5.32 Å². The van der Waals surface area contributed by atoms with E-state index in [-0.39, 0.29) is 35.1 Å². The van der Waals surface area contributed by atoms with E-state index in [0.717, 1.165) is 45.2 Å². The second kappa shape index (κ2) is 10.9. The summed E-state index contributed by atoms with van der Waals surface area (Å²) in [6, 6.07) is 0. The first-order valence-corrected chi connectivity index (χ1v) is 10.9. The van der Waals surface area contributed by atoms with Gasteiger partial charge in [0.1, 0.15) is 9.84 Å². The summed E-state index contributed by atoms with van der Waals surface area (Å²) in [5.74, 6) is 1.85. The molecule has 0 aromatic carbocycles. The molecule has 1 rings (SSSR count). The highest BCUT2D eigenvalue weighted by atomic mass is 127. The number of nitrogens with one attached hydrogen (secondary N) is 1. The molecule has 1 heterocycles. The molecule has 0 amide bonds. The van der Waals surface area contributed by atoms with E-state index in [0.29, 0.717) is 12.3 Å². The molecule has 1 fully saturated rings. The van der Waals surface area contributed by atoms with Crippen LogP contribution in [0.25, 0.3) is 0 Å². The maximum Gasteiger partial charge on any atom is 0.193 e. The fourth-order valence-corrected chi connectivity index (χ4v) is 3.78. The molecule has 6 nitrogen and oxygen atoms in total. The predicted molar refractivity (Wildman–Crippen MR) is 118 cm³/mol. The Hall–Kier alpha value is -0.0900. The third kappa shape index (κ3) is 10.6. The van der Waals surface area contributed by atoms with Crippen molar-refractivity contribution in [2.75, 3.05) is 58.3 Å². The fraction of sp³-hybridized carbons (Fsp3) is 0.941. The quantitative estimate of drug-likeness (QED) is 0.337. The number of sulfone groups is 1. The number of aliphatic imine (C=N–C) groups is 1. The molecular weight excluding hydrogens is 451 g/mol. The molecule has 8 heteroatoms. The van der Waals surface area contributed by atoms with Crippen molar-refractivity contribution >= 4 is 39.8 Å². The molecule has 0 aromatic rings. The van der Waals surface area contributed by atoms with Gasteiger partial charge in [-0.25, -0.2) is 8.42 Å². The lowest BCUT2D eigenvalue weighted by molar-refractivity contribution is 0.163. The number of piperazine rings is 1. The van der Waals surface area contributed by atoms with Crippen molar-refractivity contribution in [1.82, 2.24) is 15.1 Å². The zero-order valence-electron chi connectivity index (χ0n) is 16.7. The van der Waals surface area contributed by atoms with Gasteiger partial charge in [0.15, 0.2) is 5.96 Å². The van der Waals surface area contributed by atoms with Crippen LogP contribution in [0.4, 0.5) is 0 Å². The minimum atomic E-state index is -2.91. The van der Waals surface area contributed by atoms with Gasteiger partial charge in [-0.2, -0.15) is 0 Å². The molecule has 0 aromatic heterocycles. The van der Waals surface area contributed by atoms with E-state index in [4.69, 9.17) is 0 Å². The van der Waals surface area contributed by atoms with Gasteiger partial charge in [-0.05, 0) is 17.8 Å². The highest BCUT2D eigenvalue weighted by molar-refractivity contribution is 14.0. The molecule has 25 heavy (non-hydrogen) atoms. The summed E-state index contributed by atoms with van der Waals surface area (Å²) in [4.78, 5) is 9.20. The largest absolute Gasteiger partial charge is 0.356 e. The maximum atomic E-state index is 11.4. The Labute approximate surface area is 171 Å². The zero-order chi connectivity index (χ0) is 18.4. The van der Waals surface area contributed by atoms with Crippen LogP contribution in [0.3, 0.4) is 0 Å². The molecule has 0 atom stereocenters. The molecule has 0 spiro atoms. The average Bonchev–Trinajstić information content (AvgIpc) is 2.46. The second-order valence-corrected chi connectivity index (χ2v) is 10.4. The molecule has 1 aliphatic rings. The fourth-order valence-electron chi connectivity index (χ4n) is 2.86. The number of halogens is 1. The molecule has 0 saturated carbocycles. The normalized spacial score (nSPS) is 17.6. The number of nitrogens with zero attached hydrogens (tertiary/aromatic N) is 3. The summed E-state index contributed by atoms with van der Waals surface area (Å²) in [6.45, 7) is 14.7. The molecule has 0 aliphatic carbocycles. The van der Waals surface area contributed by atoms with E-state index < -0.39 is 9.84 Å². The smallest absolute Gasteiger partial charge is 0.193 e. The van der Waals surface area contributed by atoms with Crippen LogP contribution in [0.5, 0.6) is 0 Å². The van der Waals surface area contributed by atoms with E-state index in [9.17, 15) is 8.42 Å². The summed E-state index contributed by atoms with van der Waals surface area (Å²) < 4.78 is 22.7. The van der Waals surface area contributed by atoms with Crippen molar-refractivity contribution in [2.24, 2.45) is 16.3 Å². The SMILES string of the molecule is CN=C(NCC(C)(C)CCS(C)(=O)=O)N1CCN(CC(C)C)CC1.I. The highest BCUT2D eigenvalue weighted by Crippen LogP contribution is 2.20. The highest BCUT2D eigenvalue weighted by Gasteiger charge is 2.24. The van der Waals surface area contributed by atoms with Gasteiger partial charge in [0, 0.05) is 52.6 Å². The van der Waals surface area contributed by atoms with Gasteiger partial charge in [-0.15, -0.1) is 24.0 Å². The molecule has 0 radical (unpaired) electrons. The second-order valence-electron chi connectivity index (χ2n) is 8.13. The van der Waals surface area contributed by atoms with Crippen LogP contribution in [-0.2, 0) is 9.84 Å². The first-order valence-electron chi connectivity index (χ1n) is 8.88. The lowest BCUT2D eigenvalue weighted by Crippen LogP contribution is -2.54. The Bertz CT molecular complexity index is 513. The topological polar surface area (TPSA) is 65.0 Å². The summed E-state index contributed by atoms with van der Waals surface area (Å²) >= 11 is 0. The molecule has 1 saturated heterocycles. The van der Waals surface area contributed by atoms with Crippen molar-refractivity contribution in [1.29, 1.82) is 0 Å². The lowest BCUT2D eigenvalue weighted by atomic mass is 9.90. The Morgan fingerprint density at radius 3 is 2.20 bits per heavy atom. The van der Waals surface area contributed by atoms with Crippen LogP contribution in [0.1, 0.15) is 34.1 Å². The Morgan fingerprint density at radius 2 is 1.76 bits per heavy atom. The molecule has 1 N–H and O–H groups in total. The monoisotopic (exact) mass is 488 g/mol. The van der Waals surface area contributed by atoms with Crippen molar-refractivity contribution < 1.29 is 8.42 Å². The van der Waals surface area contributed by atoms with Crippen LogP contribution in [0.15, 0.2) is 4.99 Å². The van der Waals surface area contributed by atoms with E-state index in [1.165, 1.54) is 6.26 Å². The number of hydrogen-bond donors (Lipinski definition) is 1. The predicted octanol–water partition coefficient (Wildman–Crippen LogP) is 1.91. The van der Waals surface area contributed by atoms with Crippen molar-refractivity contribution in [2.45, 2.75) is 34.1 Å². The molecule has 0 unspecified atom stereocenters. The van der Waals surface area contributed by atoms with Gasteiger partial charge < -0.3 is 10.2 Å². The first-order chi connectivity index (χ1) is 11.0. The van der Waals surface area contributed by atoms with Gasteiger partial charge in [0.25, 0.3) is 0 Å². The summed E-state index contributed by atoms with van der Waals surface area (Å²) in [6.07, 6.45) is 1.95. The Morgan fingerprint density at radius 1 is 1.20 bits per heavy atom. The van der Waals surface area contributed by atoms with Crippen molar-refractivity contribution in [3.8, 4) is 0 Å². The third-order valence-electron chi connectivity index (χ3n) is 4.38. The first kappa shape index (κ1) is 24.9. The number of hydrogen-bond acceptors (Lipinski definition) is 4. The minimum absolute atomic E-state index is 0. The van der Waals surface area contributed by atoms with Crippen molar-refractivity contribution in [3.05, 3.63) is 0 Å². The summed E-state index contributed by atoms with van der Waals surface area (Å²) in [5, 5.41) is 3.43. The Kier molecular flexibility index (Phi) is 10.9. The summed E-state index contributed by atoms with van der Waals surface area (Å²) in [5.41, 5.74) is -0.0848. The lowest BCUT2D eigenvalue weighted by Gasteiger charge is -2.38. The van der Waals surface area contributed by atoms with Crippen LogP contribution >= 0.6 is 24.0 Å². The van der Waals surface area contributed by atoms with Gasteiger partial charge in [0.2, 0.25) is 0 Å². The van der Waals surface area contributed by atoms with Gasteiger partial charge >= 0.3 is 0 Å².